The van der Waals surface area contributed by atoms with Crippen LogP contribution in [0.25, 0.3) is 55.6 Å². The molecule has 0 spiro atoms. The Morgan fingerprint density at radius 2 is 1.44 bits per heavy atom. The number of hydrogen-bond donors (Lipinski definition) is 0. The topological polar surface area (TPSA) is 38.9 Å². The molecule has 39 heavy (non-hydrogen) atoms. The second-order valence-electron chi connectivity index (χ2n) is 8.96. The number of para-hydroxylation sites is 1. The second kappa shape index (κ2) is 12.0. The maximum absolute atomic E-state index is 6.35. The Morgan fingerprint density at radius 1 is 0.615 bits per heavy atom. The molecule has 0 aliphatic carbocycles. The zero-order chi connectivity index (χ0) is 25.7. The summed E-state index contributed by atoms with van der Waals surface area (Å²) in [5.41, 5.74) is 8.95. The molecule has 3 nitrogen and oxygen atoms in total. The van der Waals surface area contributed by atoms with Gasteiger partial charge < -0.3 is 14.4 Å². The smallest absolute Gasteiger partial charge is 0.128 e. The van der Waals surface area contributed by atoms with Crippen LogP contribution >= 0.6 is 0 Å². The first kappa shape index (κ1) is 26.2. The second-order valence-corrected chi connectivity index (χ2v) is 8.96. The third-order valence-electron chi connectivity index (χ3n) is 6.36. The molecule has 0 amide bonds. The molecule has 4 heteroatoms. The van der Waals surface area contributed by atoms with Gasteiger partial charge in [-0.15, -0.1) is 54.1 Å². The zero-order valence-corrected chi connectivity index (χ0v) is 23.7. The van der Waals surface area contributed by atoms with Gasteiger partial charge in [0.05, 0.1) is 5.58 Å². The zero-order valence-electron chi connectivity index (χ0n) is 21.3. The Balaban J connectivity index is 0.000000187. The van der Waals surface area contributed by atoms with Crippen molar-refractivity contribution in [2.75, 3.05) is 0 Å². The number of benzene rings is 4. The molecule has 0 unspecified atom stereocenters. The first-order valence-electron chi connectivity index (χ1n) is 12.5. The van der Waals surface area contributed by atoms with Crippen molar-refractivity contribution in [3.63, 3.8) is 0 Å². The van der Waals surface area contributed by atoms with Gasteiger partial charge in [-0.1, -0.05) is 83.7 Å². The fourth-order valence-electron chi connectivity index (χ4n) is 4.49. The molecular weight excluding hydrogens is 657 g/mol. The van der Waals surface area contributed by atoms with Crippen LogP contribution < -0.4 is 0 Å². The minimum absolute atomic E-state index is 0. The molecule has 3 aromatic heterocycles. The Labute approximate surface area is 241 Å². The van der Waals surface area contributed by atoms with E-state index in [1.165, 1.54) is 5.56 Å². The third-order valence-corrected chi connectivity index (χ3v) is 6.36. The van der Waals surface area contributed by atoms with Crippen LogP contribution in [0.5, 0.6) is 0 Å². The van der Waals surface area contributed by atoms with E-state index in [1.807, 2.05) is 85.9 Å². The van der Waals surface area contributed by atoms with E-state index in [0.29, 0.717) is 0 Å². The number of rotatable bonds is 3. The first-order valence-corrected chi connectivity index (χ1v) is 12.5. The van der Waals surface area contributed by atoms with Crippen molar-refractivity contribution in [3.8, 4) is 33.6 Å². The van der Waals surface area contributed by atoms with Crippen molar-refractivity contribution in [1.82, 2.24) is 9.97 Å². The number of hydrogen-bond acceptors (Lipinski definition) is 3. The molecule has 7 rings (SSSR count). The minimum Gasteiger partial charge on any atom is -0.500 e. The quantitative estimate of drug-likeness (QED) is 0.175. The Hall–Kier alpha value is -4.37. The van der Waals surface area contributed by atoms with E-state index in [1.54, 1.807) is 6.20 Å². The molecule has 0 N–H and O–H groups in total. The maximum Gasteiger partial charge on any atom is 0.128 e. The number of fused-ring (bicyclic) bond motifs is 3. The monoisotopic (exact) mass is 681 g/mol. The van der Waals surface area contributed by atoms with E-state index in [-0.39, 0.29) is 20.1 Å². The van der Waals surface area contributed by atoms with Crippen LogP contribution in [0.3, 0.4) is 0 Å². The summed E-state index contributed by atoms with van der Waals surface area (Å²) in [6.07, 6.45) is 3.66. The normalized spacial score (nSPS) is 10.5. The molecule has 1 radical (unpaired) electrons. The molecule has 7 aromatic rings. The molecule has 0 atom stereocenters. The molecule has 0 aliphatic heterocycles. The summed E-state index contributed by atoms with van der Waals surface area (Å²) in [5.74, 6) is 0. The van der Waals surface area contributed by atoms with Crippen molar-refractivity contribution >= 4 is 21.9 Å². The van der Waals surface area contributed by atoms with Crippen molar-refractivity contribution in [3.05, 3.63) is 145 Å². The molecule has 0 saturated heterocycles. The summed E-state index contributed by atoms with van der Waals surface area (Å²) in [5, 5.41) is 2.20. The fraction of sp³-hybridized carbons (Fsp3) is 0.0286. The standard InChI is InChI=1S/C23H14NO.C12H10N.Ir/c1-2-8-16(9-3-1)17-10-6-11-18-19-12-7-13-20(23(19)25-22(17)18)21-14-4-5-15-24-21;1-10-7-8-12(13-9-10)11-5-3-2-4-6-11;/h1-12,14-15H;2-5,7-9H,1H3;/q2*-1;. The van der Waals surface area contributed by atoms with Gasteiger partial charge in [-0.3, -0.25) is 0 Å². The Morgan fingerprint density at radius 3 is 2.18 bits per heavy atom. The van der Waals surface area contributed by atoms with Crippen LogP contribution in [0.4, 0.5) is 0 Å². The maximum atomic E-state index is 6.35. The molecule has 4 aromatic carbocycles. The predicted octanol–water partition coefficient (Wildman–Crippen LogP) is 8.97. The number of furan rings is 1. The summed E-state index contributed by atoms with van der Waals surface area (Å²) in [6.45, 7) is 2.03. The van der Waals surface area contributed by atoms with E-state index in [9.17, 15) is 0 Å². The average Bonchev–Trinajstić information content (AvgIpc) is 3.38. The van der Waals surface area contributed by atoms with Crippen LogP contribution in [0.2, 0.25) is 0 Å². The Kier molecular flexibility index (Phi) is 8.07. The summed E-state index contributed by atoms with van der Waals surface area (Å²) in [4.78, 5) is 8.78. The number of aromatic nitrogens is 2. The van der Waals surface area contributed by atoms with Crippen LogP contribution in [-0.2, 0) is 20.1 Å². The van der Waals surface area contributed by atoms with Gasteiger partial charge in [0.2, 0.25) is 0 Å². The van der Waals surface area contributed by atoms with Gasteiger partial charge in [-0.2, -0.15) is 0 Å². The van der Waals surface area contributed by atoms with Gasteiger partial charge >= 0.3 is 0 Å². The molecule has 191 valence electrons. The average molecular weight is 681 g/mol. The van der Waals surface area contributed by atoms with Gasteiger partial charge in [0.25, 0.3) is 0 Å². The SMILES string of the molecule is Cc1ccc(-c2[c-]cccc2)nc1.[Ir].[c-]1ccc2c(oc3c(-c4ccccc4)cccc32)c1-c1ccccn1. The Bertz CT molecular complexity index is 1700. The van der Waals surface area contributed by atoms with Crippen molar-refractivity contribution in [2.45, 2.75) is 6.92 Å². The summed E-state index contributed by atoms with van der Waals surface area (Å²) in [7, 11) is 0. The van der Waals surface area contributed by atoms with E-state index in [2.05, 4.69) is 64.6 Å². The number of aryl methyl sites for hydroxylation is 1. The van der Waals surface area contributed by atoms with E-state index in [0.717, 1.165) is 55.6 Å². The van der Waals surface area contributed by atoms with E-state index < -0.39 is 0 Å². The van der Waals surface area contributed by atoms with Crippen LogP contribution in [0.15, 0.2) is 132 Å². The van der Waals surface area contributed by atoms with Gasteiger partial charge in [0.15, 0.2) is 0 Å². The van der Waals surface area contributed by atoms with Gasteiger partial charge in [0.1, 0.15) is 5.58 Å². The van der Waals surface area contributed by atoms with E-state index in [4.69, 9.17) is 4.42 Å². The largest absolute Gasteiger partial charge is 0.500 e. The molecule has 0 aliphatic rings. The molecule has 3 heterocycles. The van der Waals surface area contributed by atoms with Crippen LogP contribution in [-0.4, -0.2) is 9.97 Å². The summed E-state index contributed by atoms with van der Waals surface area (Å²) < 4.78 is 6.35. The summed E-state index contributed by atoms with van der Waals surface area (Å²) in [6, 6.07) is 44.9. The third kappa shape index (κ3) is 5.58. The number of nitrogens with zero attached hydrogens (tertiary/aromatic N) is 2. The molecule has 0 fully saturated rings. The predicted molar refractivity (Wildman–Crippen MR) is 154 cm³/mol. The van der Waals surface area contributed by atoms with Crippen LogP contribution in [0.1, 0.15) is 5.56 Å². The van der Waals surface area contributed by atoms with Gasteiger partial charge in [0, 0.05) is 43.4 Å². The van der Waals surface area contributed by atoms with Crippen molar-refractivity contribution in [1.29, 1.82) is 0 Å². The van der Waals surface area contributed by atoms with Crippen molar-refractivity contribution in [2.24, 2.45) is 0 Å². The minimum atomic E-state index is 0. The fourth-order valence-corrected chi connectivity index (χ4v) is 4.49. The molecule has 0 bridgehead atoms. The van der Waals surface area contributed by atoms with Gasteiger partial charge in [-0.25, -0.2) is 0 Å². The van der Waals surface area contributed by atoms with Gasteiger partial charge in [-0.05, 0) is 35.5 Å². The first-order chi connectivity index (χ1) is 18.8. The molecular formula is C35H24IrN2O-2. The summed E-state index contributed by atoms with van der Waals surface area (Å²) >= 11 is 0. The van der Waals surface area contributed by atoms with Crippen LogP contribution in [0, 0.1) is 19.1 Å². The van der Waals surface area contributed by atoms with E-state index >= 15 is 0 Å². The number of pyridine rings is 2. The van der Waals surface area contributed by atoms with Crippen molar-refractivity contribution < 1.29 is 24.5 Å². The molecule has 0 saturated carbocycles.